The Balaban J connectivity index is 3.43. The average Bonchev–Trinajstić information content (AvgIpc) is 1.58. The zero-order valence-corrected chi connectivity index (χ0v) is 7.27. The summed E-state index contributed by atoms with van der Waals surface area (Å²) in [6.45, 7) is 4.12. The number of aliphatic carboxylic acids is 1. The highest BCUT2D eigenvalue weighted by Crippen LogP contribution is 2.12. The standard InChI is InChI=1S/C7H14O2S/c1-5(2)3-6(10)4-7(8)9/h5-6,10H,3-4H2,1-2H3,(H,8,9). The molecule has 0 rings (SSSR count). The van der Waals surface area contributed by atoms with Crippen molar-refractivity contribution >= 4 is 18.6 Å². The predicted molar refractivity (Wildman–Crippen MR) is 44.5 cm³/mol. The molecule has 0 radical (unpaired) electrons. The lowest BCUT2D eigenvalue weighted by atomic mass is 10.1. The molecule has 2 nitrogen and oxygen atoms in total. The molecule has 0 fully saturated rings. The lowest BCUT2D eigenvalue weighted by Gasteiger charge is -2.09. The van der Waals surface area contributed by atoms with E-state index < -0.39 is 5.97 Å². The van der Waals surface area contributed by atoms with Crippen LogP contribution in [-0.2, 0) is 4.79 Å². The summed E-state index contributed by atoms with van der Waals surface area (Å²) in [4.78, 5) is 10.1. The Morgan fingerprint density at radius 1 is 1.60 bits per heavy atom. The topological polar surface area (TPSA) is 37.3 Å². The first kappa shape index (κ1) is 9.82. The van der Waals surface area contributed by atoms with Gasteiger partial charge in [0.15, 0.2) is 0 Å². The van der Waals surface area contributed by atoms with E-state index in [-0.39, 0.29) is 11.7 Å². The van der Waals surface area contributed by atoms with Gasteiger partial charge in [0.2, 0.25) is 0 Å². The summed E-state index contributed by atoms with van der Waals surface area (Å²) in [6.07, 6.45) is 1.04. The van der Waals surface area contributed by atoms with Crippen molar-refractivity contribution in [2.75, 3.05) is 0 Å². The van der Waals surface area contributed by atoms with Gasteiger partial charge in [0, 0.05) is 5.25 Å². The fraction of sp³-hybridized carbons (Fsp3) is 0.857. The molecule has 0 saturated heterocycles. The number of hydrogen-bond acceptors (Lipinski definition) is 2. The van der Waals surface area contributed by atoms with E-state index in [1.807, 2.05) is 0 Å². The molecule has 0 aromatic rings. The van der Waals surface area contributed by atoms with Gasteiger partial charge in [0.05, 0.1) is 6.42 Å². The minimum absolute atomic E-state index is 0.0116. The molecule has 0 aliphatic carbocycles. The van der Waals surface area contributed by atoms with Crippen LogP contribution in [0.2, 0.25) is 0 Å². The summed E-state index contributed by atoms with van der Waals surface area (Å²) in [7, 11) is 0. The Bertz CT molecular complexity index is 112. The van der Waals surface area contributed by atoms with E-state index in [1.165, 1.54) is 0 Å². The average molecular weight is 162 g/mol. The predicted octanol–water partition coefficient (Wildman–Crippen LogP) is 1.81. The molecule has 1 atom stereocenters. The fourth-order valence-electron chi connectivity index (χ4n) is 0.829. The molecule has 0 aromatic carbocycles. The zero-order valence-electron chi connectivity index (χ0n) is 6.37. The van der Waals surface area contributed by atoms with Gasteiger partial charge >= 0.3 is 5.97 Å². The molecule has 3 heteroatoms. The van der Waals surface area contributed by atoms with Crippen LogP contribution in [-0.4, -0.2) is 16.3 Å². The first-order valence-electron chi connectivity index (χ1n) is 3.42. The molecule has 0 aliphatic heterocycles. The van der Waals surface area contributed by atoms with E-state index in [2.05, 4.69) is 26.5 Å². The monoisotopic (exact) mass is 162 g/mol. The van der Waals surface area contributed by atoms with Crippen LogP contribution in [0.5, 0.6) is 0 Å². The van der Waals surface area contributed by atoms with Crippen LogP contribution in [0, 0.1) is 5.92 Å². The molecule has 0 spiro atoms. The van der Waals surface area contributed by atoms with E-state index in [4.69, 9.17) is 5.11 Å². The quantitative estimate of drug-likeness (QED) is 0.618. The van der Waals surface area contributed by atoms with Gasteiger partial charge in [0.25, 0.3) is 0 Å². The van der Waals surface area contributed by atoms with Crippen LogP contribution >= 0.6 is 12.6 Å². The first-order chi connectivity index (χ1) is 4.52. The van der Waals surface area contributed by atoms with E-state index >= 15 is 0 Å². The lowest BCUT2D eigenvalue weighted by molar-refractivity contribution is -0.137. The van der Waals surface area contributed by atoms with Gasteiger partial charge in [-0.1, -0.05) is 13.8 Å². The number of carboxylic acid groups (broad SMARTS) is 1. The van der Waals surface area contributed by atoms with E-state index in [9.17, 15) is 4.79 Å². The molecule has 1 unspecified atom stereocenters. The van der Waals surface area contributed by atoms with Crippen molar-refractivity contribution in [2.24, 2.45) is 5.92 Å². The molecule has 0 saturated carbocycles. The molecule has 0 aromatic heterocycles. The largest absolute Gasteiger partial charge is 0.481 e. The Hall–Kier alpha value is -0.180. The van der Waals surface area contributed by atoms with Gasteiger partial charge in [-0.05, 0) is 12.3 Å². The summed E-state index contributed by atoms with van der Waals surface area (Å²) in [5.41, 5.74) is 0. The lowest BCUT2D eigenvalue weighted by Crippen LogP contribution is -2.09. The molecule has 60 valence electrons. The van der Waals surface area contributed by atoms with Crippen molar-refractivity contribution < 1.29 is 9.90 Å². The number of hydrogen-bond donors (Lipinski definition) is 2. The molecular formula is C7H14O2S. The molecular weight excluding hydrogens is 148 g/mol. The summed E-state index contributed by atoms with van der Waals surface area (Å²) < 4.78 is 0. The second-order valence-corrected chi connectivity index (χ2v) is 3.61. The van der Waals surface area contributed by atoms with Crippen LogP contribution in [0.25, 0.3) is 0 Å². The molecule has 0 aliphatic rings. The Morgan fingerprint density at radius 2 is 2.10 bits per heavy atom. The highest BCUT2D eigenvalue weighted by molar-refractivity contribution is 7.81. The fourth-order valence-corrected chi connectivity index (χ4v) is 1.41. The van der Waals surface area contributed by atoms with Crippen molar-refractivity contribution in [1.29, 1.82) is 0 Å². The molecule has 0 heterocycles. The highest BCUT2D eigenvalue weighted by atomic mass is 32.1. The van der Waals surface area contributed by atoms with Gasteiger partial charge < -0.3 is 5.11 Å². The summed E-state index contributed by atoms with van der Waals surface area (Å²) in [5.74, 6) is -0.234. The van der Waals surface area contributed by atoms with Crippen molar-refractivity contribution in [2.45, 2.75) is 31.9 Å². The summed E-state index contributed by atoms with van der Waals surface area (Å²) in [5, 5.41) is 8.36. The third-order valence-electron chi connectivity index (χ3n) is 1.15. The van der Waals surface area contributed by atoms with Gasteiger partial charge in [0.1, 0.15) is 0 Å². The maximum absolute atomic E-state index is 10.1. The van der Waals surface area contributed by atoms with E-state index in [0.29, 0.717) is 5.92 Å². The normalized spacial score (nSPS) is 13.6. The Morgan fingerprint density at radius 3 is 2.40 bits per heavy atom. The second kappa shape index (κ2) is 4.61. The van der Waals surface area contributed by atoms with Crippen LogP contribution in [0.1, 0.15) is 26.7 Å². The van der Waals surface area contributed by atoms with E-state index in [0.717, 1.165) is 6.42 Å². The number of rotatable bonds is 4. The van der Waals surface area contributed by atoms with Crippen molar-refractivity contribution in [3.05, 3.63) is 0 Å². The van der Waals surface area contributed by atoms with Gasteiger partial charge in [-0.2, -0.15) is 12.6 Å². The maximum atomic E-state index is 10.1. The zero-order chi connectivity index (χ0) is 8.15. The Labute approximate surface area is 67.0 Å². The summed E-state index contributed by atoms with van der Waals surface area (Å²) >= 11 is 4.13. The van der Waals surface area contributed by atoms with Crippen LogP contribution in [0.4, 0.5) is 0 Å². The van der Waals surface area contributed by atoms with Crippen LogP contribution < -0.4 is 0 Å². The van der Waals surface area contributed by atoms with Crippen molar-refractivity contribution in [1.82, 2.24) is 0 Å². The molecule has 0 amide bonds. The second-order valence-electron chi connectivity index (χ2n) is 2.88. The van der Waals surface area contributed by atoms with Crippen molar-refractivity contribution in [3.8, 4) is 0 Å². The minimum atomic E-state index is -0.763. The van der Waals surface area contributed by atoms with Crippen LogP contribution in [0.3, 0.4) is 0 Å². The van der Waals surface area contributed by atoms with Gasteiger partial charge in [-0.25, -0.2) is 0 Å². The number of carbonyl (C=O) groups is 1. The molecule has 10 heavy (non-hydrogen) atoms. The molecule has 1 N–H and O–H groups in total. The van der Waals surface area contributed by atoms with Gasteiger partial charge in [-0.3, -0.25) is 4.79 Å². The third kappa shape index (κ3) is 5.95. The number of thiol groups is 1. The van der Waals surface area contributed by atoms with Crippen molar-refractivity contribution in [3.63, 3.8) is 0 Å². The maximum Gasteiger partial charge on any atom is 0.304 e. The van der Waals surface area contributed by atoms with Gasteiger partial charge in [-0.15, -0.1) is 0 Å². The SMILES string of the molecule is CC(C)CC(S)CC(=O)O. The van der Waals surface area contributed by atoms with E-state index in [1.54, 1.807) is 0 Å². The Kier molecular flexibility index (Phi) is 4.52. The smallest absolute Gasteiger partial charge is 0.304 e. The minimum Gasteiger partial charge on any atom is -0.481 e. The van der Waals surface area contributed by atoms with Crippen LogP contribution in [0.15, 0.2) is 0 Å². The number of carboxylic acids is 1. The summed E-state index contributed by atoms with van der Waals surface area (Å²) in [6, 6.07) is 0. The highest BCUT2D eigenvalue weighted by Gasteiger charge is 2.09. The first-order valence-corrected chi connectivity index (χ1v) is 3.94. The third-order valence-corrected chi connectivity index (χ3v) is 1.55. The molecule has 0 bridgehead atoms.